The van der Waals surface area contributed by atoms with E-state index in [0.717, 1.165) is 25.9 Å². The SMILES string of the molecule is O=C(Cn1cnc2c(N[C@@H]3CCNC3)ncnc21)OC1CCOC1. The minimum absolute atomic E-state index is 0.0778. The molecule has 2 aromatic heterocycles. The van der Waals surface area contributed by atoms with Crippen molar-refractivity contribution in [1.82, 2.24) is 24.8 Å². The number of hydrogen-bond acceptors (Lipinski definition) is 8. The molecule has 9 nitrogen and oxygen atoms in total. The number of nitrogens with one attached hydrogen (secondary N) is 2. The van der Waals surface area contributed by atoms with Gasteiger partial charge in [-0.3, -0.25) is 4.79 Å². The highest BCUT2D eigenvalue weighted by molar-refractivity contribution is 5.84. The van der Waals surface area contributed by atoms with Crippen LogP contribution in [0, 0.1) is 0 Å². The summed E-state index contributed by atoms with van der Waals surface area (Å²) < 4.78 is 12.3. The maximum atomic E-state index is 12.1. The van der Waals surface area contributed by atoms with Gasteiger partial charge in [0.25, 0.3) is 0 Å². The predicted octanol–water partition coefficient (Wildman–Crippen LogP) is -0.0678. The molecule has 0 aliphatic carbocycles. The number of carbonyl (C=O) groups is 1. The van der Waals surface area contributed by atoms with Crippen LogP contribution in [0.5, 0.6) is 0 Å². The predicted molar refractivity (Wildman–Crippen MR) is 85.5 cm³/mol. The summed E-state index contributed by atoms with van der Waals surface area (Å²) in [5, 5.41) is 6.69. The maximum absolute atomic E-state index is 12.1. The zero-order valence-electron chi connectivity index (χ0n) is 13.3. The van der Waals surface area contributed by atoms with Gasteiger partial charge in [-0.15, -0.1) is 0 Å². The van der Waals surface area contributed by atoms with Crippen LogP contribution < -0.4 is 10.6 Å². The molecule has 9 heteroatoms. The van der Waals surface area contributed by atoms with E-state index in [4.69, 9.17) is 9.47 Å². The molecule has 0 saturated carbocycles. The van der Waals surface area contributed by atoms with Crippen molar-refractivity contribution in [3.8, 4) is 0 Å². The fourth-order valence-corrected chi connectivity index (χ4v) is 3.04. The summed E-state index contributed by atoms with van der Waals surface area (Å²) in [4.78, 5) is 25.0. The molecule has 0 radical (unpaired) electrons. The minimum Gasteiger partial charge on any atom is -0.458 e. The van der Waals surface area contributed by atoms with Crippen molar-refractivity contribution in [3.63, 3.8) is 0 Å². The first-order valence-corrected chi connectivity index (χ1v) is 8.20. The molecule has 0 aromatic carbocycles. The Bertz CT molecular complexity index is 721. The van der Waals surface area contributed by atoms with Crippen molar-refractivity contribution in [2.24, 2.45) is 0 Å². The Balaban J connectivity index is 1.48. The highest BCUT2D eigenvalue weighted by atomic mass is 16.6. The molecule has 24 heavy (non-hydrogen) atoms. The molecule has 2 N–H and O–H groups in total. The Morgan fingerprint density at radius 1 is 1.42 bits per heavy atom. The van der Waals surface area contributed by atoms with Crippen LogP contribution in [-0.2, 0) is 20.8 Å². The first-order chi connectivity index (χ1) is 11.8. The summed E-state index contributed by atoms with van der Waals surface area (Å²) >= 11 is 0. The molecule has 4 rings (SSSR count). The fourth-order valence-electron chi connectivity index (χ4n) is 3.04. The van der Waals surface area contributed by atoms with Gasteiger partial charge in [-0.05, 0) is 13.0 Å². The molecule has 2 fully saturated rings. The van der Waals surface area contributed by atoms with E-state index in [1.807, 2.05) is 0 Å². The quantitative estimate of drug-likeness (QED) is 0.734. The third-order valence-corrected chi connectivity index (χ3v) is 4.29. The average molecular weight is 332 g/mol. The number of imidazole rings is 1. The number of aromatic nitrogens is 4. The van der Waals surface area contributed by atoms with Gasteiger partial charge in [0, 0.05) is 19.0 Å². The second kappa shape index (κ2) is 6.70. The molecule has 2 atom stereocenters. The van der Waals surface area contributed by atoms with E-state index in [9.17, 15) is 4.79 Å². The number of nitrogens with zero attached hydrogens (tertiary/aromatic N) is 4. The van der Waals surface area contributed by atoms with Gasteiger partial charge in [0.15, 0.2) is 11.5 Å². The van der Waals surface area contributed by atoms with Crippen molar-refractivity contribution >= 4 is 23.0 Å². The van der Waals surface area contributed by atoms with E-state index < -0.39 is 0 Å². The van der Waals surface area contributed by atoms with Gasteiger partial charge in [0.1, 0.15) is 24.5 Å². The lowest BCUT2D eigenvalue weighted by Crippen LogP contribution is -2.23. The Hall–Kier alpha value is -2.26. The summed E-state index contributed by atoms with van der Waals surface area (Å²) in [6.45, 7) is 3.10. The summed E-state index contributed by atoms with van der Waals surface area (Å²) in [7, 11) is 0. The Morgan fingerprint density at radius 3 is 3.17 bits per heavy atom. The van der Waals surface area contributed by atoms with Crippen molar-refractivity contribution < 1.29 is 14.3 Å². The smallest absolute Gasteiger partial charge is 0.326 e. The van der Waals surface area contributed by atoms with Crippen LogP contribution in [0.2, 0.25) is 0 Å². The van der Waals surface area contributed by atoms with Crippen molar-refractivity contribution in [1.29, 1.82) is 0 Å². The standard InChI is InChI=1S/C15H20N6O3/c22-12(24-11-2-4-23-7-11)6-21-9-19-13-14(17-8-18-15(13)21)20-10-1-3-16-5-10/h8-11,16H,1-7H2,(H,17,18,20)/t10-,11?/m1/s1. The summed E-state index contributed by atoms with van der Waals surface area (Å²) in [6, 6.07) is 0.334. The van der Waals surface area contributed by atoms with Crippen molar-refractivity contribution in [3.05, 3.63) is 12.7 Å². The van der Waals surface area contributed by atoms with Gasteiger partial charge in [-0.1, -0.05) is 0 Å². The highest BCUT2D eigenvalue weighted by Gasteiger charge is 2.21. The second-order valence-electron chi connectivity index (χ2n) is 6.08. The number of anilines is 1. The third kappa shape index (κ3) is 3.17. The van der Waals surface area contributed by atoms with Crippen molar-refractivity contribution in [2.75, 3.05) is 31.6 Å². The fraction of sp³-hybridized carbons (Fsp3) is 0.600. The van der Waals surface area contributed by atoms with Gasteiger partial charge in [0.2, 0.25) is 0 Å². The van der Waals surface area contributed by atoms with E-state index in [0.29, 0.717) is 36.2 Å². The van der Waals surface area contributed by atoms with Crippen LogP contribution in [0.1, 0.15) is 12.8 Å². The van der Waals surface area contributed by atoms with Crippen molar-refractivity contribution in [2.45, 2.75) is 31.5 Å². The van der Waals surface area contributed by atoms with Crippen LogP contribution in [0.15, 0.2) is 12.7 Å². The molecular formula is C15H20N6O3. The van der Waals surface area contributed by atoms with Crippen LogP contribution in [0.3, 0.4) is 0 Å². The lowest BCUT2D eigenvalue weighted by molar-refractivity contribution is -0.149. The summed E-state index contributed by atoms with van der Waals surface area (Å²) in [5.74, 6) is 0.392. The largest absolute Gasteiger partial charge is 0.458 e. The van der Waals surface area contributed by atoms with E-state index >= 15 is 0 Å². The molecule has 4 heterocycles. The van der Waals surface area contributed by atoms with Crippen LogP contribution >= 0.6 is 0 Å². The Morgan fingerprint density at radius 2 is 2.38 bits per heavy atom. The van der Waals surface area contributed by atoms with E-state index in [2.05, 4.69) is 25.6 Å². The average Bonchev–Trinajstić information content (AvgIpc) is 3.31. The number of ether oxygens (including phenoxy) is 2. The van der Waals surface area contributed by atoms with E-state index in [1.165, 1.54) is 6.33 Å². The number of hydrogen-bond donors (Lipinski definition) is 2. The number of fused-ring (bicyclic) bond motifs is 1. The van der Waals surface area contributed by atoms with Gasteiger partial charge in [-0.2, -0.15) is 0 Å². The molecule has 128 valence electrons. The summed E-state index contributed by atoms with van der Waals surface area (Å²) in [5.41, 5.74) is 1.29. The van der Waals surface area contributed by atoms with E-state index in [-0.39, 0.29) is 18.6 Å². The topological polar surface area (TPSA) is 103 Å². The lowest BCUT2D eigenvalue weighted by Gasteiger charge is -2.12. The Labute approximate surface area is 138 Å². The maximum Gasteiger partial charge on any atom is 0.326 e. The van der Waals surface area contributed by atoms with Crippen LogP contribution in [0.4, 0.5) is 5.82 Å². The number of esters is 1. The molecule has 1 unspecified atom stereocenters. The normalized spacial score (nSPS) is 23.7. The van der Waals surface area contributed by atoms with Gasteiger partial charge in [0.05, 0.1) is 19.5 Å². The first kappa shape index (κ1) is 15.3. The minimum atomic E-state index is -0.307. The summed E-state index contributed by atoms with van der Waals surface area (Å²) in [6.07, 6.45) is 4.74. The molecule has 0 bridgehead atoms. The zero-order valence-corrected chi connectivity index (χ0v) is 13.3. The highest BCUT2D eigenvalue weighted by Crippen LogP contribution is 2.19. The van der Waals surface area contributed by atoms with Gasteiger partial charge in [-0.25, -0.2) is 15.0 Å². The molecule has 2 aliphatic rings. The lowest BCUT2D eigenvalue weighted by atomic mass is 10.2. The zero-order chi connectivity index (χ0) is 16.4. The van der Waals surface area contributed by atoms with Gasteiger partial charge >= 0.3 is 5.97 Å². The third-order valence-electron chi connectivity index (χ3n) is 4.29. The first-order valence-electron chi connectivity index (χ1n) is 8.20. The Kier molecular flexibility index (Phi) is 4.26. The van der Waals surface area contributed by atoms with Gasteiger partial charge < -0.3 is 24.7 Å². The molecule has 0 spiro atoms. The molecule has 2 aromatic rings. The molecule has 2 aliphatic heterocycles. The molecule has 2 saturated heterocycles. The number of rotatable bonds is 5. The molecule has 0 amide bonds. The van der Waals surface area contributed by atoms with Crippen LogP contribution in [-0.4, -0.2) is 63.9 Å². The van der Waals surface area contributed by atoms with E-state index in [1.54, 1.807) is 10.9 Å². The molecular weight excluding hydrogens is 312 g/mol. The second-order valence-corrected chi connectivity index (χ2v) is 6.08. The number of carbonyl (C=O) groups excluding carboxylic acids is 1. The monoisotopic (exact) mass is 332 g/mol. The van der Waals surface area contributed by atoms with Crippen LogP contribution in [0.25, 0.3) is 11.2 Å².